The summed E-state index contributed by atoms with van der Waals surface area (Å²) in [6, 6.07) is 10.4. The van der Waals surface area contributed by atoms with Crippen molar-refractivity contribution in [2.75, 3.05) is 20.6 Å². The number of phenolic OH excluding ortho intramolecular Hbond substituents is 1. The smallest absolute Gasteiger partial charge is 0.235 e. The molecule has 10 nitrogen and oxygen atoms in total. The number of rotatable bonds is 7. The van der Waals surface area contributed by atoms with E-state index in [9.17, 15) is 34.2 Å². The van der Waals surface area contributed by atoms with Gasteiger partial charge in [-0.05, 0) is 87.6 Å². The summed E-state index contributed by atoms with van der Waals surface area (Å²) in [5, 5.41) is 22.6. The second-order valence-corrected chi connectivity index (χ2v) is 12.6. The molecule has 2 saturated carbocycles. The number of hydrogen-bond donors (Lipinski definition) is 3. The standard InChI is InChI=1S/C33H39N3O7/c1-6-36(16(2)3)15-17-8-7-9-18(12-17)20-10-11-23(37)25-21(20)13-19-14-22-27(35(4)5)29(39)26(32(34)42)31(41)33(22,43)30(40)24(19)28(25)38/h7-12,16,19,22,24,26-27,37,43H,6,13-15H2,1-5H3,(H2,34,42)/t19-,22-,24?,26?,27-,33-/m0/s1. The van der Waals surface area contributed by atoms with Gasteiger partial charge in [-0.3, -0.25) is 33.8 Å². The quantitative estimate of drug-likeness (QED) is 0.409. The van der Waals surface area contributed by atoms with E-state index in [-0.39, 0.29) is 24.2 Å². The number of nitrogens with two attached hydrogens (primary N) is 1. The van der Waals surface area contributed by atoms with Crippen LogP contribution in [0.25, 0.3) is 11.1 Å². The lowest BCUT2D eigenvalue weighted by Gasteiger charge is -2.52. The van der Waals surface area contributed by atoms with Crippen LogP contribution in [0.5, 0.6) is 5.75 Å². The number of benzene rings is 2. The largest absolute Gasteiger partial charge is 0.507 e. The molecule has 2 aromatic rings. The lowest BCUT2D eigenvalue weighted by Crippen LogP contribution is -2.74. The van der Waals surface area contributed by atoms with Gasteiger partial charge in [-0.15, -0.1) is 0 Å². The summed E-state index contributed by atoms with van der Waals surface area (Å²) in [5.41, 5.74) is 5.92. The Morgan fingerprint density at radius 3 is 2.40 bits per heavy atom. The molecule has 10 heteroatoms. The summed E-state index contributed by atoms with van der Waals surface area (Å²) in [6.45, 7) is 8.01. The number of fused-ring (bicyclic) bond motifs is 3. The van der Waals surface area contributed by atoms with Crippen LogP contribution >= 0.6 is 0 Å². The van der Waals surface area contributed by atoms with Crippen LogP contribution < -0.4 is 5.73 Å². The van der Waals surface area contributed by atoms with Gasteiger partial charge in [0.15, 0.2) is 34.7 Å². The molecule has 0 bridgehead atoms. The third kappa shape index (κ3) is 4.72. The lowest BCUT2D eigenvalue weighted by molar-refractivity contribution is -0.181. The number of likely N-dealkylation sites (N-methyl/N-ethyl adjacent to an activating group) is 1. The van der Waals surface area contributed by atoms with Crippen LogP contribution in [0.3, 0.4) is 0 Å². The molecule has 0 aliphatic heterocycles. The Kier molecular flexibility index (Phi) is 7.91. The maximum absolute atomic E-state index is 14.0. The molecule has 1 amide bonds. The number of Topliss-reactive ketones (excluding diaryl/α,β-unsaturated/α-hetero) is 4. The maximum atomic E-state index is 14.0. The van der Waals surface area contributed by atoms with Crippen LogP contribution in [-0.2, 0) is 32.1 Å². The number of ketones is 4. The van der Waals surface area contributed by atoms with Gasteiger partial charge in [0.1, 0.15) is 5.75 Å². The highest BCUT2D eigenvalue weighted by Gasteiger charge is 2.69. The summed E-state index contributed by atoms with van der Waals surface area (Å²) in [5.74, 6) is -10.5. The van der Waals surface area contributed by atoms with Gasteiger partial charge in [-0.2, -0.15) is 0 Å². The summed E-state index contributed by atoms with van der Waals surface area (Å²) in [4.78, 5) is 70.8. The molecule has 6 atom stereocenters. The highest BCUT2D eigenvalue weighted by atomic mass is 16.3. The van der Waals surface area contributed by atoms with E-state index in [4.69, 9.17) is 5.73 Å². The van der Waals surface area contributed by atoms with E-state index in [2.05, 4.69) is 31.7 Å². The molecule has 0 aromatic heterocycles. The van der Waals surface area contributed by atoms with E-state index in [1.54, 1.807) is 20.2 Å². The van der Waals surface area contributed by atoms with Crippen molar-refractivity contribution in [1.29, 1.82) is 0 Å². The fourth-order valence-corrected chi connectivity index (χ4v) is 7.61. The summed E-state index contributed by atoms with van der Waals surface area (Å²) < 4.78 is 0. The number of phenols is 1. The molecule has 2 aromatic carbocycles. The number of carbonyl (C=O) groups is 5. The van der Waals surface area contributed by atoms with E-state index >= 15 is 0 Å². The first kappa shape index (κ1) is 30.7. The monoisotopic (exact) mass is 589 g/mol. The molecule has 2 fully saturated rings. The molecule has 0 heterocycles. The summed E-state index contributed by atoms with van der Waals surface area (Å²) >= 11 is 0. The zero-order chi connectivity index (χ0) is 31.5. The van der Waals surface area contributed by atoms with Crippen LogP contribution in [0.2, 0.25) is 0 Å². The van der Waals surface area contributed by atoms with Crippen LogP contribution in [0, 0.1) is 23.7 Å². The molecule has 43 heavy (non-hydrogen) atoms. The van der Waals surface area contributed by atoms with Gasteiger partial charge < -0.3 is 15.9 Å². The zero-order valence-electron chi connectivity index (χ0n) is 25.2. The number of nitrogens with zero attached hydrogens (tertiary/aromatic N) is 2. The highest BCUT2D eigenvalue weighted by Crippen LogP contribution is 2.51. The lowest BCUT2D eigenvalue weighted by atomic mass is 9.52. The second-order valence-electron chi connectivity index (χ2n) is 12.6. The Morgan fingerprint density at radius 2 is 1.79 bits per heavy atom. The average molecular weight is 590 g/mol. The molecular weight excluding hydrogens is 550 g/mol. The molecule has 3 aliphatic carbocycles. The molecule has 5 rings (SSSR count). The Bertz CT molecular complexity index is 1530. The number of aromatic hydroxyl groups is 1. The number of hydrogen-bond acceptors (Lipinski definition) is 9. The van der Waals surface area contributed by atoms with E-state index in [0.717, 1.165) is 29.8 Å². The molecule has 0 radical (unpaired) electrons. The first-order valence-corrected chi connectivity index (χ1v) is 14.8. The number of aliphatic hydroxyl groups is 1. The van der Waals surface area contributed by atoms with Gasteiger partial charge in [0.2, 0.25) is 5.91 Å². The van der Waals surface area contributed by atoms with E-state index in [0.29, 0.717) is 11.6 Å². The Balaban J connectivity index is 1.59. The van der Waals surface area contributed by atoms with Crippen molar-refractivity contribution in [2.24, 2.45) is 29.4 Å². The Morgan fingerprint density at radius 1 is 1.09 bits per heavy atom. The van der Waals surface area contributed by atoms with E-state index in [1.165, 1.54) is 11.0 Å². The van der Waals surface area contributed by atoms with Crippen LogP contribution in [0.15, 0.2) is 36.4 Å². The zero-order valence-corrected chi connectivity index (χ0v) is 25.2. The Hall–Kier alpha value is -3.73. The van der Waals surface area contributed by atoms with E-state index < -0.39 is 64.4 Å². The van der Waals surface area contributed by atoms with Crippen LogP contribution in [-0.4, -0.2) is 87.4 Å². The van der Waals surface area contributed by atoms with Crippen LogP contribution in [0.4, 0.5) is 0 Å². The summed E-state index contributed by atoms with van der Waals surface area (Å²) in [7, 11) is 3.13. The van der Waals surface area contributed by atoms with Gasteiger partial charge in [-0.25, -0.2) is 0 Å². The minimum Gasteiger partial charge on any atom is -0.507 e. The van der Waals surface area contributed by atoms with Crippen molar-refractivity contribution >= 4 is 29.0 Å². The SMILES string of the molecule is CCN(Cc1cccc(-c2ccc(O)c3c2C[C@H]2C[C@H]4[C@H](N(C)C)C(=O)C(C(N)=O)C(=O)[C@@]4(O)C(=O)C2C3=O)c1)C(C)C. The van der Waals surface area contributed by atoms with Crippen molar-refractivity contribution in [1.82, 2.24) is 9.80 Å². The third-order valence-electron chi connectivity index (χ3n) is 9.70. The normalized spacial score (nSPS) is 28.7. The minimum atomic E-state index is -2.74. The van der Waals surface area contributed by atoms with Gasteiger partial charge in [0.25, 0.3) is 0 Å². The number of primary amides is 1. The molecule has 2 unspecified atom stereocenters. The number of carbonyl (C=O) groups excluding carboxylic acids is 5. The molecule has 0 spiro atoms. The fraction of sp³-hybridized carbons (Fsp3) is 0.485. The molecular formula is C33H39N3O7. The van der Waals surface area contributed by atoms with Gasteiger partial charge in [-0.1, -0.05) is 31.2 Å². The predicted octanol–water partition coefficient (Wildman–Crippen LogP) is 1.76. The van der Waals surface area contributed by atoms with Crippen molar-refractivity contribution in [2.45, 2.75) is 57.8 Å². The predicted molar refractivity (Wildman–Crippen MR) is 158 cm³/mol. The van der Waals surface area contributed by atoms with Gasteiger partial charge in [0, 0.05) is 18.5 Å². The van der Waals surface area contributed by atoms with Gasteiger partial charge >= 0.3 is 0 Å². The molecule has 0 saturated heterocycles. The fourth-order valence-electron chi connectivity index (χ4n) is 7.61. The Labute approximate surface area is 250 Å². The second kappa shape index (κ2) is 11.1. The summed E-state index contributed by atoms with van der Waals surface area (Å²) in [6.07, 6.45) is 0.228. The van der Waals surface area contributed by atoms with Crippen molar-refractivity contribution in [3.63, 3.8) is 0 Å². The van der Waals surface area contributed by atoms with E-state index in [1.807, 2.05) is 18.2 Å². The van der Waals surface area contributed by atoms with Crippen molar-refractivity contribution < 1.29 is 34.2 Å². The molecule has 3 aliphatic rings. The topological polar surface area (TPSA) is 158 Å². The minimum absolute atomic E-state index is 0.00753. The highest BCUT2D eigenvalue weighted by molar-refractivity contribution is 6.32. The first-order chi connectivity index (χ1) is 20.2. The van der Waals surface area contributed by atoms with Gasteiger partial charge in [0.05, 0.1) is 17.5 Å². The number of amides is 1. The molecule has 228 valence electrons. The van der Waals surface area contributed by atoms with Crippen LogP contribution in [0.1, 0.15) is 48.7 Å². The van der Waals surface area contributed by atoms with Crippen molar-refractivity contribution in [3.8, 4) is 16.9 Å². The maximum Gasteiger partial charge on any atom is 0.235 e. The third-order valence-corrected chi connectivity index (χ3v) is 9.70. The van der Waals surface area contributed by atoms with Crippen molar-refractivity contribution in [3.05, 3.63) is 53.1 Å². The first-order valence-electron chi connectivity index (χ1n) is 14.8. The average Bonchev–Trinajstić information content (AvgIpc) is 2.93. The molecule has 4 N–H and O–H groups in total.